The smallest absolute Gasteiger partial charge is 0.338 e. The monoisotopic (exact) mass is 264 g/mol. The van der Waals surface area contributed by atoms with Crippen molar-refractivity contribution in [2.45, 2.75) is 32.6 Å². The molecule has 104 valence electrons. The van der Waals surface area contributed by atoms with Crippen molar-refractivity contribution in [3.8, 4) is 0 Å². The number of hydrogen-bond acceptors (Lipinski definition) is 4. The molecule has 0 saturated heterocycles. The number of hydrazine groups is 1. The molecule has 5 nitrogen and oxygen atoms in total. The van der Waals surface area contributed by atoms with Crippen LogP contribution < -0.4 is 11.3 Å². The van der Waals surface area contributed by atoms with Crippen LogP contribution in [-0.4, -0.2) is 18.5 Å². The number of esters is 1. The van der Waals surface area contributed by atoms with Gasteiger partial charge in [0.25, 0.3) is 5.91 Å². The van der Waals surface area contributed by atoms with Gasteiger partial charge in [-0.15, -0.1) is 0 Å². The molecule has 0 unspecified atom stereocenters. The van der Waals surface area contributed by atoms with E-state index in [0.29, 0.717) is 17.7 Å². The minimum Gasteiger partial charge on any atom is -0.462 e. The Morgan fingerprint density at radius 1 is 1.11 bits per heavy atom. The molecular formula is C14H20N2O3. The third-order valence-electron chi connectivity index (χ3n) is 2.74. The maximum Gasteiger partial charge on any atom is 0.338 e. The normalized spacial score (nSPS) is 10.0. The lowest BCUT2D eigenvalue weighted by Gasteiger charge is -2.05. The molecule has 0 aliphatic heterocycles. The van der Waals surface area contributed by atoms with E-state index in [0.717, 1.165) is 25.7 Å². The van der Waals surface area contributed by atoms with Crippen molar-refractivity contribution in [2.24, 2.45) is 5.84 Å². The van der Waals surface area contributed by atoms with Crippen LogP contribution in [0.1, 0.15) is 53.3 Å². The summed E-state index contributed by atoms with van der Waals surface area (Å²) in [4.78, 5) is 22.9. The lowest BCUT2D eigenvalue weighted by atomic mass is 10.1. The van der Waals surface area contributed by atoms with Crippen molar-refractivity contribution in [1.82, 2.24) is 5.43 Å². The summed E-state index contributed by atoms with van der Waals surface area (Å²) in [6, 6.07) is 6.18. The van der Waals surface area contributed by atoms with Crippen LogP contribution in [0.2, 0.25) is 0 Å². The number of nitrogens with two attached hydrogens (primary N) is 1. The summed E-state index contributed by atoms with van der Waals surface area (Å²) >= 11 is 0. The van der Waals surface area contributed by atoms with Gasteiger partial charge in [-0.2, -0.15) is 0 Å². The molecule has 0 aliphatic rings. The number of carbonyl (C=O) groups is 2. The summed E-state index contributed by atoms with van der Waals surface area (Å²) in [6.07, 6.45) is 4.26. The topological polar surface area (TPSA) is 81.4 Å². The standard InChI is InChI=1S/C14H20N2O3/c1-2-3-4-5-10-19-14(18)12-8-6-11(7-9-12)13(17)16-15/h6-9H,2-5,10,15H2,1H3,(H,16,17). The van der Waals surface area contributed by atoms with E-state index in [1.54, 1.807) is 12.1 Å². The lowest BCUT2D eigenvalue weighted by Crippen LogP contribution is -2.29. The second-order valence-corrected chi connectivity index (χ2v) is 4.25. The molecule has 1 aromatic carbocycles. The van der Waals surface area contributed by atoms with Gasteiger partial charge in [-0.3, -0.25) is 10.2 Å². The fourth-order valence-electron chi connectivity index (χ4n) is 1.62. The Labute approximate surface area is 113 Å². The Hall–Kier alpha value is -1.88. The van der Waals surface area contributed by atoms with E-state index < -0.39 is 0 Å². The Morgan fingerprint density at radius 3 is 2.32 bits per heavy atom. The zero-order chi connectivity index (χ0) is 14.1. The highest BCUT2D eigenvalue weighted by Gasteiger charge is 2.08. The largest absolute Gasteiger partial charge is 0.462 e. The predicted molar refractivity (Wildman–Crippen MR) is 72.5 cm³/mol. The van der Waals surface area contributed by atoms with E-state index in [2.05, 4.69) is 6.92 Å². The molecule has 1 amide bonds. The van der Waals surface area contributed by atoms with E-state index in [1.807, 2.05) is 5.43 Å². The Kier molecular flexibility index (Phi) is 6.60. The molecule has 0 radical (unpaired) electrons. The first-order chi connectivity index (χ1) is 9.19. The number of ether oxygens (including phenoxy) is 1. The van der Waals surface area contributed by atoms with Crippen LogP contribution in [0.5, 0.6) is 0 Å². The van der Waals surface area contributed by atoms with Crippen LogP contribution >= 0.6 is 0 Å². The average molecular weight is 264 g/mol. The predicted octanol–water partition coefficient (Wildman–Crippen LogP) is 2.03. The van der Waals surface area contributed by atoms with E-state index in [4.69, 9.17) is 10.6 Å². The zero-order valence-corrected chi connectivity index (χ0v) is 11.1. The average Bonchev–Trinajstić information content (AvgIpc) is 2.46. The van der Waals surface area contributed by atoms with Crippen LogP contribution in [0.15, 0.2) is 24.3 Å². The number of nitrogen functional groups attached to an aromatic ring is 1. The number of nitrogens with one attached hydrogen (secondary N) is 1. The molecule has 1 rings (SSSR count). The summed E-state index contributed by atoms with van der Waals surface area (Å²) in [5.74, 6) is 4.26. The van der Waals surface area contributed by atoms with Crippen molar-refractivity contribution in [3.63, 3.8) is 0 Å². The molecule has 0 aliphatic carbocycles. The third-order valence-corrected chi connectivity index (χ3v) is 2.74. The van der Waals surface area contributed by atoms with Gasteiger partial charge in [-0.25, -0.2) is 10.6 Å². The minimum absolute atomic E-state index is 0.365. The van der Waals surface area contributed by atoms with E-state index in [1.165, 1.54) is 12.1 Å². The molecule has 5 heteroatoms. The van der Waals surface area contributed by atoms with Crippen molar-refractivity contribution < 1.29 is 14.3 Å². The quantitative estimate of drug-likeness (QED) is 0.259. The van der Waals surface area contributed by atoms with Gasteiger partial charge in [-0.05, 0) is 30.7 Å². The van der Waals surface area contributed by atoms with Crippen molar-refractivity contribution in [2.75, 3.05) is 6.61 Å². The Bertz CT molecular complexity index is 415. The van der Waals surface area contributed by atoms with E-state index in [-0.39, 0.29) is 11.9 Å². The molecule has 0 fully saturated rings. The highest BCUT2D eigenvalue weighted by molar-refractivity contribution is 5.95. The molecule has 0 spiro atoms. The number of benzene rings is 1. The molecule has 3 N–H and O–H groups in total. The molecule has 0 atom stereocenters. The van der Waals surface area contributed by atoms with Gasteiger partial charge in [0.2, 0.25) is 0 Å². The molecule has 19 heavy (non-hydrogen) atoms. The fourth-order valence-corrected chi connectivity index (χ4v) is 1.62. The summed E-state index contributed by atoms with van der Waals surface area (Å²) in [5.41, 5.74) is 2.87. The van der Waals surface area contributed by atoms with Crippen molar-refractivity contribution in [1.29, 1.82) is 0 Å². The first-order valence-electron chi connectivity index (χ1n) is 6.47. The second kappa shape index (κ2) is 8.26. The van der Waals surface area contributed by atoms with Crippen molar-refractivity contribution >= 4 is 11.9 Å². The number of amides is 1. The molecule has 0 aromatic heterocycles. The highest BCUT2D eigenvalue weighted by Crippen LogP contribution is 2.07. The summed E-state index contributed by atoms with van der Waals surface area (Å²) in [6.45, 7) is 2.56. The van der Waals surface area contributed by atoms with Crippen LogP contribution in [0, 0.1) is 0 Å². The number of rotatable bonds is 7. The van der Waals surface area contributed by atoms with Gasteiger partial charge in [0, 0.05) is 5.56 Å². The summed E-state index contributed by atoms with van der Waals surface area (Å²) in [7, 11) is 0. The molecule has 0 bridgehead atoms. The van der Waals surface area contributed by atoms with Gasteiger partial charge < -0.3 is 4.74 Å². The van der Waals surface area contributed by atoms with Gasteiger partial charge in [-0.1, -0.05) is 26.2 Å². The van der Waals surface area contributed by atoms with E-state index in [9.17, 15) is 9.59 Å². The van der Waals surface area contributed by atoms with Gasteiger partial charge in [0.15, 0.2) is 0 Å². The van der Waals surface area contributed by atoms with Gasteiger partial charge in [0.1, 0.15) is 0 Å². The zero-order valence-electron chi connectivity index (χ0n) is 11.1. The Morgan fingerprint density at radius 2 is 1.74 bits per heavy atom. The first kappa shape index (κ1) is 15.2. The van der Waals surface area contributed by atoms with Crippen LogP contribution in [0.4, 0.5) is 0 Å². The fraction of sp³-hybridized carbons (Fsp3) is 0.429. The van der Waals surface area contributed by atoms with E-state index >= 15 is 0 Å². The number of carbonyl (C=O) groups excluding carboxylic acids is 2. The third kappa shape index (κ3) is 5.09. The molecule has 1 aromatic rings. The second-order valence-electron chi connectivity index (χ2n) is 4.25. The van der Waals surface area contributed by atoms with Crippen LogP contribution in [-0.2, 0) is 4.74 Å². The molecule has 0 heterocycles. The highest BCUT2D eigenvalue weighted by atomic mass is 16.5. The van der Waals surface area contributed by atoms with Crippen LogP contribution in [0.3, 0.4) is 0 Å². The van der Waals surface area contributed by atoms with Crippen molar-refractivity contribution in [3.05, 3.63) is 35.4 Å². The maximum absolute atomic E-state index is 11.7. The molecule has 0 saturated carbocycles. The summed E-state index contributed by atoms with van der Waals surface area (Å²) < 4.78 is 5.14. The number of hydrogen-bond donors (Lipinski definition) is 2. The number of unbranched alkanes of at least 4 members (excludes halogenated alkanes) is 3. The molecular weight excluding hydrogens is 244 g/mol. The lowest BCUT2D eigenvalue weighted by molar-refractivity contribution is 0.0497. The SMILES string of the molecule is CCCCCCOC(=O)c1ccc(C(=O)NN)cc1. The van der Waals surface area contributed by atoms with Crippen LogP contribution in [0.25, 0.3) is 0 Å². The first-order valence-corrected chi connectivity index (χ1v) is 6.47. The maximum atomic E-state index is 11.7. The minimum atomic E-state index is -0.389. The van der Waals surface area contributed by atoms with Gasteiger partial charge >= 0.3 is 5.97 Å². The Balaban J connectivity index is 2.42. The summed E-state index contributed by atoms with van der Waals surface area (Å²) in [5, 5.41) is 0. The van der Waals surface area contributed by atoms with Gasteiger partial charge in [0.05, 0.1) is 12.2 Å².